The second-order valence-electron chi connectivity index (χ2n) is 8.98. The van der Waals surface area contributed by atoms with Crippen LogP contribution in [0.15, 0.2) is 82.2 Å². The number of halogens is 1. The van der Waals surface area contributed by atoms with Crippen molar-refractivity contribution in [2.75, 3.05) is 11.5 Å². The molecule has 5 rings (SSSR count). The number of benzene rings is 4. The number of amides is 1. The largest absolute Gasteiger partial charge is 0.490 e. The van der Waals surface area contributed by atoms with Gasteiger partial charge >= 0.3 is 0 Å². The lowest BCUT2D eigenvalue weighted by molar-refractivity contribution is -0.113. The van der Waals surface area contributed by atoms with Gasteiger partial charge in [-0.15, -0.1) is 0 Å². The van der Waals surface area contributed by atoms with Gasteiger partial charge < -0.3 is 9.47 Å². The first-order chi connectivity index (χ1) is 18.4. The second kappa shape index (κ2) is 11.3. The molecule has 1 amide bonds. The molecule has 0 spiro atoms. The molecule has 4 nitrogen and oxygen atoms in total. The molecule has 1 aliphatic rings. The van der Waals surface area contributed by atoms with Crippen LogP contribution in [-0.4, -0.2) is 16.8 Å². The molecular formula is C31H26BrNO3S2. The molecule has 0 N–H and O–H groups in total. The Labute approximate surface area is 240 Å². The Kier molecular flexibility index (Phi) is 7.88. The number of nitrogens with zero attached hydrogens (tertiary/aromatic N) is 1. The Bertz CT molecular complexity index is 1590. The molecule has 4 aromatic carbocycles. The Hall–Kier alpha value is -3.13. The number of carbonyl (C=O) groups excluding carboxylic acids is 1. The van der Waals surface area contributed by atoms with Gasteiger partial charge in [-0.1, -0.05) is 72.5 Å². The molecule has 4 aromatic rings. The van der Waals surface area contributed by atoms with E-state index in [4.69, 9.17) is 21.7 Å². The summed E-state index contributed by atoms with van der Waals surface area (Å²) < 4.78 is 13.5. The van der Waals surface area contributed by atoms with E-state index >= 15 is 0 Å². The fraction of sp³-hybridized carbons (Fsp3) is 0.161. The van der Waals surface area contributed by atoms with Gasteiger partial charge in [0.1, 0.15) is 6.61 Å². The van der Waals surface area contributed by atoms with Crippen molar-refractivity contribution in [3.8, 4) is 11.5 Å². The average Bonchev–Trinajstić information content (AvgIpc) is 3.17. The molecule has 0 radical (unpaired) electrons. The highest BCUT2D eigenvalue weighted by atomic mass is 79.9. The number of thiocarbonyl (C=S) groups is 1. The van der Waals surface area contributed by atoms with Crippen LogP contribution in [0.5, 0.6) is 11.5 Å². The Balaban J connectivity index is 1.42. The first kappa shape index (κ1) is 26.5. The Morgan fingerprint density at radius 3 is 2.55 bits per heavy atom. The molecule has 1 saturated heterocycles. The first-order valence-corrected chi connectivity index (χ1v) is 14.3. The van der Waals surface area contributed by atoms with Gasteiger partial charge in [0, 0.05) is 0 Å². The molecule has 1 heterocycles. The van der Waals surface area contributed by atoms with E-state index < -0.39 is 0 Å². The van der Waals surface area contributed by atoms with Gasteiger partial charge in [-0.05, 0) is 100 Å². The molecule has 0 unspecified atom stereocenters. The van der Waals surface area contributed by atoms with Gasteiger partial charge in [0.15, 0.2) is 15.8 Å². The number of rotatable bonds is 7. The summed E-state index contributed by atoms with van der Waals surface area (Å²) in [5.41, 5.74) is 4.98. The van der Waals surface area contributed by atoms with E-state index in [1.165, 1.54) is 22.7 Å². The highest BCUT2D eigenvalue weighted by Gasteiger charge is 2.33. The third kappa shape index (κ3) is 5.37. The molecule has 7 heteroatoms. The van der Waals surface area contributed by atoms with Crippen LogP contribution in [0.3, 0.4) is 0 Å². The molecule has 1 fully saturated rings. The van der Waals surface area contributed by atoms with Crippen LogP contribution < -0.4 is 14.4 Å². The molecule has 0 bridgehead atoms. The third-order valence-electron chi connectivity index (χ3n) is 6.42. The molecule has 0 aliphatic carbocycles. The van der Waals surface area contributed by atoms with E-state index in [9.17, 15) is 4.79 Å². The summed E-state index contributed by atoms with van der Waals surface area (Å²) in [6, 6.07) is 24.2. The van der Waals surface area contributed by atoms with Crippen molar-refractivity contribution in [1.29, 1.82) is 0 Å². The van der Waals surface area contributed by atoms with Crippen LogP contribution in [-0.2, 0) is 11.4 Å². The van der Waals surface area contributed by atoms with Crippen LogP contribution >= 0.6 is 39.9 Å². The summed E-state index contributed by atoms with van der Waals surface area (Å²) in [6.07, 6.45) is 1.85. The van der Waals surface area contributed by atoms with E-state index in [0.29, 0.717) is 33.9 Å². The number of fused-ring (bicyclic) bond motifs is 1. The van der Waals surface area contributed by atoms with Gasteiger partial charge in [0.05, 0.1) is 21.7 Å². The summed E-state index contributed by atoms with van der Waals surface area (Å²) in [6.45, 7) is 6.89. The molecule has 38 heavy (non-hydrogen) atoms. The second-order valence-corrected chi connectivity index (χ2v) is 11.5. The number of aryl methyl sites for hydroxylation is 2. The zero-order chi connectivity index (χ0) is 26.8. The van der Waals surface area contributed by atoms with Gasteiger partial charge in [0.2, 0.25) is 0 Å². The highest BCUT2D eigenvalue weighted by molar-refractivity contribution is 9.10. The monoisotopic (exact) mass is 603 g/mol. The van der Waals surface area contributed by atoms with Gasteiger partial charge in [-0.2, -0.15) is 0 Å². The minimum atomic E-state index is -0.131. The maximum Gasteiger partial charge on any atom is 0.270 e. The summed E-state index contributed by atoms with van der Waals surface area (Å²) in [5, 5.41) is 2.33. The number of ether oxygens (including phenoxy) is 2. The van der Waals surface area contributed by atoms with Crippen molar-refractivity contribution in [3.63, 3.8) is 0 Å². The maximum absolute atomic E-state index is 13.3. The molecule has 1 aliphatic heterocycles. The first-order valence-electron chi connectivity index (χ1n) is 12.3. The molecule has 0 atom stereocenters. The van der Waals surface area contributed by atoms with Crippen molar-refractivity contribution < 1.29 is 14.3 Å². The predicted octanol–water partition coefficient (Wildman–Crippen LogP) is 8.60. The van der Waals surface area contributed by atoms with E-state index in [1.54, 1.807) is 4.90 Å². The van der Waals surface area contributed by atoms with Crippen molar-refractivity contribution >= 4 is 72.7 Å². The lowest BCUT2D eigenvalue weighted by Gasteiger charge is -2.16. The normalized spacial score (nSPS) is 14.5. The average molecular weight is 605 g/mol. The Morgan fingerprint density at radius 2 is 1.76 bits per heavy atom. The number of carbonyl (C=O) groups is 1. The van der Waals surface area contributed by atoms with Crippen LogP contribution in [0.4, 0.5) is 5.69 Å². The number of hydrogen-bond donors (Lipinski definition) is 0. The van der Waals surface area contributed by atoms with E-state index in [-0.39, 0.29) is 5.91 Å². The lowest BCUT2D eigenvalue weighted by atomic mass is 10.1. The standard InChI is InChI=1S/C31H26BrNO3S2/c1-4-35-27-16-21(17-28-30(34)33(31(37)38-28)24-13-12-19(2)20(3)14-24)15-26(32)29(27)36-18-23-10-7-9-22-8-5-6-11-25(22)23/h5-17H,4,18H2,1-3H3/b28-17+. The number of thioether (sulfide) groups is 1. The van der Waals surface area contributed by atoms with Crippen LogP contribution in [0.1, 0.15) is 29.2 Å². The topological polar surface area (TPSA) is 38.8 Å². The van der Waals surface area contributed by atoms with Crippen molar-refractivity contribution in [3.05, 3.63) is 104 Å². The highest BCUT2D eigenvalue weighted by Crippen LogP contribution is 2.41. The fourth-order valence-corrected chi connectivity index (χ4v) is 6.22. The molecular weight excluding hydrogens is 578 g/mol. The van der Waals surface area contributed by atoms with Gasteiger partial charge in [0.25, 0.3) is 5.91 Å². The zero-order valence-corrected chi connectivity index (χ0v) is 24.5. The lowest BCUT2D eigenvalue weighted by Crippen LogP contribution is -2.27. The number of anilines is 1. The van der Waals surface area contributed by atoms with Crippen LogP contribution in [0.25, 0.3) is 16.8 Å². The van der Waals surface area contributed by atoms with Crippen molar-refractivity contribution in [2.24, 2.45) is 0 Å². The fourth-order valence-electron chi connectivity index (χ4n) is 4.35. The molecule has 192 valence electrons. The van der Waals surface area contributed by atoms with E-state index in [0.717, 1.165) is 32.2 Å². The minimum Gasteiger partial charge on any atom is -0.490 e. The predicted molar refractivity (Wildman–Crippen MR) is 165 cm³/mol. The third-order valence-corrected chi connectivity index (χ3v) is 8.32. The smallest absolute Gasteiger partial charge is 0.270 e. The summed E-state index contributed by atoms with van der Waals surface area (Å²) >= 11 is 10.5. The summed E-state index contributed by atoms with van der Waals surface area (Å²) in [4.78, 5) is 15.5. The van der Waals surface area contributed by atoms with E-state index in [2.05, 4.69) is 40.2 Å². The molecule has 0 aromatic heterocycles. The van der Waals surface area contributed by atoms with Crippen LogP contribution in [0.2, 0.25) is 0 Å². The minimum absolute atomic E-state index is 0.131. The summed E-state index contributed by atoms with van der Waals surface area (Å²) in [7, 11) is 0. The summed E-state index contributed by atoms with van der Waals surface area (Å²) in [5.74, 6) is 1.10. The van der Waals surface area contributed by atoms with Crippen molar-refractivity contribution in [2.45, 2.75) is 27.4 Å². The van der Waals surface area contributed by atoms with Gasteiger partial charge in [-0.3, -0.25) is 9.69 Å². The SMILES string of the molecule is CCOc1cc(/C=C2/SC(=S)N(c3ccc(C)c(C)c3)C2=O)cc(Br)c1OCc1cccc2ccccc12. The molecule has 0 saturated carbocycles. The van der Waals surface area contributed by atoms with Crippen molar-refractivity contribution in [1.82, 2.24) is 0 Å². The maximum atomic E-state index is 13.3. The van der Waals surface area contributed by atoms with E-state index in [1.807, 2.05) is 75.4 Å². The van der Waals surface area contributed by atoms with Crippen LogP contribution in [0, 0.1) is 13.8 Å². The Morgan fingerprint density at radius 1 is 0.974 bits per heavy atom. The zero-order valence-electron chi connectivity index (χ0n) is 21.3. The quantitative estimate of drug-likeness (QED) is 0.156. The van der Waals surface area contributed by atoms with Gasteiger partial charge in [-0.25, -0.2) is 0 Å². The number of hydrogen-bond acceptors (Lipinski definition) is 5.